The third kappa shape index (κ3) is 6.22. The predicted octanol–water partition coefficient (Wildman–Crippen LogP) is 5.48. The van der Waals surface area contributed by atoms with Crippen LogP contribution in [0.2, 0.25) is 5.02 Å². The lowest BCUT2D eigenvalue weighted by atomic mass is 9.96. The lowest BCUT2D eigenvalue weighted by Gasteiger charge is -2.39. The summed E-state index contributed by atoms with van der Waals surface area (Å²) in [5.74, 6) is 0.156. The van der Waals surface area contributed by atoms with E-state index in [1.807, 2.05) is 49.1 Å². The summed E-state index contributed by atoms with van der Waals surface area (Å²) in [4.78, 5) is 17.6. The van der Waals surface area contributed by atoms with Crippen molar-refractivity contribution >= 4 is 45.4 Å². The van der Waals surface area contributed by atoms with E-state index >= 15 is 0 Å². The van der Waals surface area contributed by atoms with Crippen molar-refractivity contribution in [1.29, 1.82) is 0 Å². The number of hydrogen-bond acceptors (Lipinski definition) is 6. The van der Waals surface area contributed by atoms with Crippen molar-refractivity contribution in [3.05, 3.63) is 75.1 Å². The minimum Gasteiger partial charge on any atom is -0.368 e. The summed E-state index contributed by atoms with van der Waals surface area (Å²) in [5.41, 5.74) is 5.86. The van der Waals surface area contributed by atoms with Gasteiger partial charge >= 0.3 is 0 Å². The molecule has 41 heavy (non-hydrogen) atoms. The second kappa shape index (κ2) is 12.0. The number of aryl methyl sites for hydroxylation is 4. The molecule has 0 unspecified atom stereocenters. The van der Waals surface area contributed by atoms with E-state index in [0.29, 0.717) is 36.6 Å². The smallest absolute Gasteiger partial charge is 0.248 e. The number of carbonyl (C=O) groups is 1. The Hall–Kier alpha value is -3.14. The van der Waals surface area contributed by atoms with Crippen LogP contribution < -0.4 is 4.90 Å². The van der Waals surface area contributed by atoms with Crippen LogP contribution in [0.15, 0.2) is 45.8 Å². The highest BCUT2D eigenvalue weighted by atomic mass is 35.5. The molecule has 0 aliphatic carbocycles. The third-order valence-electron chi connectivity index (χ3n) is 8.16. The van der Waals surface area contributed by atoms with Crippen LogP contribution in [0.25, 0.3) is 12.2 Å². The molecular weight excluding hydrogens is 560 g/mol. The summed E-state index contributed by atoms with van der Waals surface area (Å²) in [6, 6.07) is 11.9. The molecule has 0 bridgehead atoms. The molecule has 5 rings (SSSR count). The molecule has 1 aromatic heterocycles. The zero-order valence-electron chi connectivity index (χ0n) is 24.1. The number of piperazine rings is 1. The maximum Gasteiger partial charge on any atom is 0.248 e. The van der Waals surface area contributed by atoms with Crippen molar-refractivity contribution in [2.24, 2.45) is 5.92 Å². The van der Waals surface area contributed by atoms with E-state index in [-0.39, 0.29) is 35.6 Å². The number of sulfonamides is 1. The van der Waals surface area contributed by atoms with E-state index in [1.165, 1.54) is 9.87 Å². The van der Waals surface area contributed by atoms with Crippen molar-refractivity contribution < 1.29 is 17.7 Å². The van der Waals surface area contributed by atoms with Gasteiger partial charge in [0, 0.05) is 55.9 Å². The second-order valence-electron chi connectivity index (χ2n) is 11.1. The monoisotopic (exact) mass is 596 g/mol. The lowest BCUT2D eigenvalue weighted by molar-refractivity contribution is -0.137. The molecule has 1 amide bonds. The molecule has 2 fully saturated rings. The molecule has 2 aliphatic heterocycles. The van der Waals surface area contributed by atoms with Gasteiger partial charge in [-0.25, -0.2) is 8.42 Å². The number of piperidine rings is 1. The van der Waals surface area contributed by atoms with Gasteiger partial charge in [-0.1, -0.05) is 40.5 Å². The number of halogens is 1. The Labute approximate surface area is 247 Å². The SMILES string of the molecule is Cc1cc(C)c(/C=C/c2onc(C)c2S(=O)(=O)N2CCC(C(=O)N3CCN(c4ccc(Cl)cc4)CC3)CC2)c(C)c1. The zero-order chi connectivity index (χ0) is 29.3. The fourth-order valence-electron chi connectivity index (χ4n) is 5.98. The van der Waals surface area contributed by atoms with Crippen LogP contribution in [0.1, 0.15) is 46.5 Å². The van der Waals surface area contributed by atoms with E-state index in [4.69, 9.17) is 16.1 Å². The highest BCUT2D eigenvalue weighted by Gasteiger charge is 2.37. The first kappa shape index (κ1) is 29.4. The van der Waals surface area contributed by atoms with E-state index in [0.717, 1.165) is 35.5 Å². The van der Waals surface area contributed by atoms with Gasteiger partial charge in [-0.15, -0.1) is 0 Å². The van der Waals surface area contributed by atoms with Crippen molar-refractivity contribution in [3.8, 4) is 0 Å². The van der Waals surface area contributed by atoms with E-state index in [2.05, 4.69) is 29.1 Å². The molecule has 10 heteroatoms. The average molecular weight is 597 g/mol. The van der Waals surface area contributed by atoms with Gasteiger partial charge in [0.1, 0.15) is 5.69 Å². The van der Waals surface area contributed by atoms with E-state index in [1.54, 1.807) is 13.0 Å². The lowest BCUT2D eigenvalue weighted by Crippen LogP contribution is -2.52. The molecule has 3 heterocycles. The summed E-state index contributed by atoms with van der Waals surface area (Å²) in [6.45, 7) is 11.2. The first-order valence-corrected chi connectivity index (χ1v) is 15.9. The van der Waals surface area contributed by atoms with Crippen molar-refractivity contribution in [1.82, 2.24) is 14.4 Å². The van der Waals surface area contributed by atoms with Crippen LogP contribution in [-0.2, 0) is 14.8 Å². The molecule has 0 N–H and O–H groups in total. The number of amides is 1. The number of nitrogens with zero attached hydrogens (tertiary/aromatic N) is 4. The first-order valence-electron chi connectivity index (χ1n) is 14.1. The van der Waals surface area contributed by atoms with E-state index < -0.39 is 10.0 Å². The molecular formula is C31H37ClN4O4S. The summed E-state index contributed by atoms with van der Waals surface area (Å²) in [6.07, 6.45) is 4.57. The summed E-state index contributed by atoms with van der Waals surface area (Å²) in [7, 11) is -3.84. The summed E-state index contributed by atoms with van der Waals surface area (Å²) >= 11 is 6.01. The number of carbonyl (C=O) groups excluding carboxylic acids is 1. The Kier molecular flexibility index (Phi) is 8.59. The molecule has 2 aromatic carbocycles. The minimum atomic E-state index is -3.84. The predicted molar refractivity (Wildman–Crippen MR) is 163 cm³/mol. The molecule has 8 nitrogen and oxygen atoms in total. The number of benzene rings is 2. The number of hydrogen-bond donors (Lipinski definition) is 0. The maximum atomic E-state index is 13.7. The summed E-state index contributed by atoms with van der Waals surface area (Å²) < 4.78 is 34.4. The molecule has 0 radical (unpaired) electrons. The van der Waals surface area contributed by atoms with Crippen LogP contribution in [0, 0.1) is 33.6 Å². The third-order valence-corrected chi connectivity index (χ3v) is 10.5. The fourth-order valence-corrected chi connectivity index (χ4v) is 7.83. The fraction of sp³-hybridized carbons (Fsp3) is 0.419. The number of rotatable bonds is 6. The van der Waals surface area contributed by atoms with Gasteiger partial charge in [-0.3, -0.25) is 4.79 Å². The van der Waals surface area contributed by atoms with Gasteiger partial charge in [0.25, 0.3) is 0 Å². The number of anilines is 1. The Morgan fingerprint density at radius 3 is 2.15 bits per heavy atom. The summed E-state index contributed by atoms with van der Waals surface area (Å²) in [5, 5.41) is 4.69. The molecule has 0 spiro atoms. The van der Waals surface area contributed by atoms with Crippen LogP contribution in [0.4, 0.5) is 5.69 Å². The zero-order valence-corrected chi connectivity index (χ0v) is 25.6. The first-order chi connectivity index (χ1) is 19.5. The van der Waals surface area contributed by atoms with Crippen molar-refractivity contribution in [2.45, 2.75) is 45.4 Å². The molecule has 2 saturated heterocycles. The molecule has 3 aromatic rings. The Balaban J connectivity index is 1.22. The van der Waals surface area contributed by atoms with Gasteiger partial charge in [-0.05, 0) is 87.6 Å². The Morgan fingerprint density at radius 2 is 1.54 bits per heavy atom. The largest absolute Gasteiger partial charge is 0.368 e. The average Bonchev–Trinajstić information content (AvgIpc) is 3.33. The molecule has 0 saturated carbocycles. The van der Waals surface area contributed by atoms with E-state index in [9.17, 15) is 13.2 Å². The van der Waals surface area contributed by atoms with Crippen LogP contribution in [-0.4, -0.2) is 68.0 Å². The van der Waals surface area contributed by atoms with Crippen molar-refractivity contribution in [2.75, 3.05) is 44.2 Å². The van der Waals surface area contributed by atoms with Gasteiger partial charge in [-0.2, -0.15) is 4.31 Å². The highest BCUT2D eigenvalue weighted by Crippen LogP contribution is 2.31. The Bertz CT molecular complexity index is 1530. The number of aromatic nitrogens is 1. The highest BCUT2D eigenvalue weighted by molar-refractivity contribution is 7.89. The quantitative estimate of drug-likeness (QED) is 0.374. The Morgan fingerprint density at radius 1 is 0.927 bits per heavy atom. The van der Waals surface area contributed by atoms with Gasteiger partial charge in [0.15, 0.2) is 10.7 Å². The molecule has 218 valence electrons. The van der Waals surface area contributed by atoms with Gasteiger partial charge in [0.05, 0.1) is 0 Å². The second-order valence-corrected chi connectivity index (χ2v) is 13.4. The van der Waals surface area contributed by atoms with Gasteiger partial charge < -0.3 is 14.3 Å². The topological polar surface area (TPSA) is 87.0 Å². The van der Waals surface area contributed by atoms with Crippen LogP contribution >= 0.6 is 11.6 Å². The molecule has 0 atom stereocenters. The van der Waals surface area contributed by atoms with Crippen LogP contribution in [0.5, 0.6) is 0 Å². The van der Waals surface area contributed by atoms with Gasteiger partial charge in [0.2, 0.25) is 15.9 Å². The molecule has 2 aliphatic rings. The van der Waals surface area contributed by atoms with Crippen LogP contribution in [0.3, 0.4) is 0 Å². The standard InChI is InChI=1S/C31H37ClN4O4S/c1-21-19-22(2)28(23(3)20-21)9-10-29-30(24(4)33-40-29)41(38,39)36-13-11-25(12-14-36)31(37)35-17-15-34(16-18-35)27-7-5-26(32)6-8-27/h5-10,19-20,25H,11-18H2,1-4H3/b10-9+. The van der Waals surface area contributed by atoms with Crippen molar-refractivity contribution in [3.63, 3.8) is 0 Å². The maximum absolute atomic E-state index is 13.7. The normalized spacial score (nSPS) is 17.5. The minimum absolute atomic E-state index is 0.0965.